The number of hydrogen-bond donors (Lipinski definition) is 0. The van der Waals surface area contributed by atoms with Gasteiger partial charge in [-0.25, -0.2) is 4.98 Å². The lowest BCUT2D eigenvalue weighted by Gasteiger charge is -2.36. The topological polar surface area (TPSA) is 64.4 Å². The first-order valence-electron chi connectivity index (χ1n) is 11.8. The van der Waals surface area contributed by atoms with Crippen LogP contribution in [0, 0.1) is 0 Å². The zero-order valence-electron chi connectivity index (χ0n) is 20.4. The molecule has 0 saturated carbocycles. The Balaban J connectivity index is 1.62. The van der Waals surface area contributed by atoms with Gasteiger partial charge in [0.1, 0.15) is 4.83 Å². The molecule has 0 saturated heterocycles. The normalized spacial score (nSPS) is 13.8. The smallest absolute Gasteiger partial charge is 0.263 e. The van der Waals surface area contributed by atoms with Crippen LogP contribution in [0.2, 0.25) is 0 Å². The Kier molecular flexibility index (Phi) is 7.80. The van der Waals surface area contributed by atoms with Crippen molar-refractivity contribution in [2.75, 3.05) is 19.5 Å². The first-order chi connectivity index (χ1) is 16.3. The number of aryl methyl sites for hydroxylation is 2. The van der Waals surface area contributed by atoms with E-state index in [1.165, 1.54) is 22.2 Å². The van der Waals surface area contributed by atoms with Gasteiger partial charge in [0.25, 0.3) is 5.56 Å². The highest BCUT2D eigenvalue weighted by molar-refractivity contribution is 7.99. The highest BCUT2D eigenvalue weighted by atomic mass is 32.2. The van der Waals surface area contributed by atoms with Crippen molar-refractivity contribution >= 4 is 39.2 Å². The van der Waals surface area contributed by atoms with Crippen molar-refractivity contribution in [1.29, 1.82) is 0 Å². The number of carbonyl (C=O) groups is 1. The van der Waals surface area contributed by atoms with E-state index < -0.39 is 0 Å². The lowest BCUT2D eigenvalue weighted by molar-refractivity contribution is -0.133. The lowest BCUT2D eigenvalue weighted by atomic mass is 9.97. The number of benzene rings is 1. The molecule has 0 fully saturated rings. The Hall–Kier alpha value is -2.16. The summed E-state index contributed by atoms with van der Waals surface area (Å²) in [6.45, 7) is 7.54. The largest absolute Gasteiger partial charge is 0.383 e. The third-order valence-electron chi connectivity index (χ3n) is 6.18. The van der Waals surface area contributed by atoms with Crippen LogP contribution >= 0.6 is 23.1 Å². The summed E-state index contributed by atoms with van der Waals surface area (Å²) in [6.07, 6.45) is 4.25. The fourth-order valence-corrected chi connectivity index (χ4v) is 6.58. The molecule has 1 aromatic carbocycles. The van der Waals surface area contributed by atoms with Crippen molar-refractivity contribution in [2.45, 2.75) is 70.2 Å². The Labute approximate surface area is 209 Å². The van der Waals surface area contributed by atoms with Crippen LogP contribution in [-0.4, -0.2) is 45.4 Å². The molecular weight excluding hydrogens is 466 g/mol. The maximum atomic E-state index is 13.5. The van der Waals surface area contributed by atoms with Crippen molar-refractivity contribution < 1.29 is 9.53 Å². The molecule has 1 aliphatic rings. The zero-order chi connectivity index (χ0) is 24.3. The number of hydrogen-bond acceptors (Lipinski definition) is 6. The summed E-state index contributed by atoms with van der Waals surface area (Å²) in [6, 6.07) is 10.0. The van der Waals surface area contributed by atoms with Crippen LogP contribution in [0.3, 0.4) is 0 Å². The second-order valence-electron chi connectivity index (χ2n) is 9.66. The summed E-state index contributed by atoms with van der Waals surface area (Å²) >= 11 is 2.99. The summed E-state index contributed by atoms with van der Waals surface area (Å²) in [7, 11) is 1.63. The molecule has 0 N–H and O–H groups in total. The van der Waals surface area contributed by atoms with Gasteiger partial charge in [0.05, 0.1) is 24.3 Å². The van der Waals surface area contributed by atoms with Gasteiger partial charge in [-0.05, 0) is 57.6 Å². The third-order valence-corrected chi connectivity index (χ3v) is 8.32. The molecule has 4 rings (SSSR count). The number of thiophene rings is 1. The molecule has 1 aliphatic carbocycles. The van der Waals surface area contributed by atoms with Crippen molar-refractivity contribution in [3.8, 4) is 0 Å². The number of thioether (sulfide) groups is 1. The minimum atomic E-state index is -0.326. The molecular formula is C26H33N3O3S2. The summed E-state index contributed by atoms with van der Waals surface area (Å²) in [5.74, 6) is 0.250. The van der Waals surface area contributed by atoms with E-state index in [4.69, 9.17) is 9.72 Å². The van der Waals surface area contributed by atoms with Crippen molar-refractivity contribution in [3.63, 3.8) is 0 Å². The van der Waals surface area contributed by atoms with Crippen LogP contribution in [0.5, 0.6) is 0 Å². The van der Waals surface area contributed by atoms with Gasteiger partial charge in [-0.3, -0.25) is 14.2 Å². The highest BCUT2D eigenvalue weighted by Crippen LogP contribution is 2.35. The molecule has 3 aromatic rings. The number of ether oxygens (including phenoxy) is 1. The number of rotatable bonds is 8. The molecule has 34 heavy (non-hydrogen) atoms. The predicted molar refractivity (Wildman–Crippen MR) is 140 cm³/mol. The quantitative estimate of drug-likeness (QED) is 0.326. The molecule has 0 aliphatic heterocycles. The van der Waals surface area contributed by atoms with Crippen LogP contribution in [0.1, 0.15) is 49.6 Å². The van der Waals surface area contributed by atoms with Crippen molar-refractivity contribution in [1.82, 2.24) is 14.5 Å². The number of methoxy groups -OCH3 is 1. The fraction of sp³-hybridized carbons (Fsp3) is 0.500. The third kappa shape index (κ3) is 5.39. The zero-order valence-corrected chi connectivity index (χ0v) is 22.1. The first-order valence-corrected chi connectivity index (χ1v) is 13.6. The maximum absolute atomic E-state index is 13.5. The Morgan fingerprint density at radius 2 is 1.94 bits per heavy atom. The molecule has 6 nitrogen and oxygen atoms in total. The van der Waals surface area contributed by atoms with E-state index in [9.17, 15) is 9.59 Å². The molecule has 8 heteroatoms. The second-order valence-corrected chi connectivity index (χ2v) is 11.7. The van der Waals surface area contributed by atoms with Gasteiger partial charge in [0.15, 0.2) is 5.16 Å². The van der Waals surface area contributed by atoms with Gasteiger partial charge in [-0.15, -0.1) is 11.3 Å². The van der Waals surface area contributed by atoms with Crippen LogP contribution in [0.15, 0.2) is 40.3 Å². The molecule has 182 valence electrons. The molecule has 1 amide bonds. The van der Waals surface area contributed by atoms with E-state index in [1.807, 2.05) is 56.0 Å². The monoisotopic (exact) mass is 499 g/mol. The van der Waals surface area contributed by atoms with Gasteiger partial charge >= 0.3 is 0 Å². The van der Waals surface area contributed by atoms with Gasteiger partial charge in [0, 0.05) is 24.1 Å². The average molecular weight is 500 g/mol. The van der Waals surface area contributed by atoms with E-state index in [1.54, 1.807) is 23.0 Å². The van der Waals surface area contributed by atoms with E-state index in [-0.39, 0.29) is 22.8 Å². The first kappa shape index (κ1) is 24.9. The number of aromatic nitrogens is 2. The van der Waals surface area contributed by atoms with Gasteiger partial charge in [-0.1, -0.05) is 42.1 Å². The SMILES string of the molecule is COCCn1c(SCC(=O)N(Cc2ccccc2)C(C)(C)C)nc2sc3c(c2c1=O)CCCC3. The van der Waals surface area contributed by atoms with Crippen LogP contribution in [0.4, 0.5) is 0 Å². The second kappa shape index (κ2) is 10.6. The summed E-state index contributed by atoms with van der Waals surface area (Å²) in [5, 5.41) is 1.36. The number of carbonyl (C=O) groups excluding carboxylic acids is 1. The number of nitrogens with zero attached hydrogens (tertiary/aromatic N) is 3. The van der Waals surface area contributed by atoms with E-state index in [0.29, 0.717) is 24.9 Å². The molecule has 0 spiro atoms. The summed E-state index contributed by atoms with van der Waals surface area (Å²) < 4.78 is 6.97. The lowest BCUT2D eigenvalue weighted by Crippen LogP contribution is -2.46. The molecule has 0 radical (unpaired) electrons. The van der Waals surface area contributed by atoms with Crippen molar-refractivity contribution in [3.05, 3.63) is 56.7 Å². The van der Waals surface area contributed by atoms with Gasteiger partial charge in [0.2, 0.25) is 5.91 Å². The summed E-state index contributed by atoms with van der Waals surface area (Å²) in [5.41, 5.74) is 1.95. The van der Waals surface area contributed by atoms with E-state index in [0.717, 1.165) is 41.5 Å². The number of amides is 1. The highest BCUT2D eigenvalue weighted by Gasteiger charge is 2.28. The fourth-order valence-electron chi connectivity index (χ4n) is 4.38. The van der Waals surface area contributed by atoms with E-state index >= 15 is 0 Å². The molecule has 0 unspecified atom stereocenters. The molecule has 2 aromatic heterocycles. The van der Waals surface area contributed by atoms with Gasteiger partial charge < -0.3 is 9.64 Å². The van der Waals surface area contributed by atoms with Gasteiger partial charge in [-0.2, -0.15) is 0 Å². The minimum Gasteiger partial charge on any atom is -0.383 e. The molecule has 0 atom stereocenters. The average Bonchev–Trinajstić information content (AvgIpc) is 3.19. The van der Waals surface area contributed by atoms with Crippen LogP contribution < -0.4 is 5.56 Å². The molecule has 0 bridgehead atoms. The summed E-state index contributed by atoms with van der Waals surface area (Å²) in [4.78, 5) is 35.8. The Bertz CT molecular complexity index is 1210. The Morgan fingerprint density at radius 3 is 2.65 bits per heavy atom. The van der Waals surface area contributed by atoms with Crippen LogP contribution in [0.25, 0.3) is 10.2 Å². The number of fused-ring (bicyclic) bond motifs is 3. The van der Waals surface area contributed by atoms with E-state index in [2.05, 4.69) is 0 Å². The van der Waals surface area contributed by atoms with Crippen molar-refractivity contribution in [2.24, 2.45) is 0 Å². The molecule has 2 heterocycles. The standard InChI is InChI=1S/C26H33N3O3S2/c1-26(2,3)29(16-18-10-6-5-7-11-18)21(30)17-33-25-27-23-22(24(31)28(25)14-15-32-4)19-12-8-9-13-20(19)34-23/h5-7,10-11H,8-9,12-17H2,1-4H3. The predicted octanol–water partition coefficient (Wildman–Crippen LogP) is 4.90. The maximum Gasteiger partial charge on any atom is 0.263 e. The minimum absolute atomic E-state index is 0.00615. The van der Waals surface area contributed by atoms with Crippen LogP contribution in [-0.2, 0) is 35.5 Å². The Morgan fingerprint density at radius 1 is 1.21 bits per heavy atom.